The van der Waals surface area contributed by atoms with E-state index in [0.717, 1.165) is 6.42 Å². The van der Waals surface area contributed by atoms with E-state index in [2.05, 4.69) is 5.32 Å². The average molecular weight is 233 g/mol. The summed E-state index contributed by atoms with van der Waals surface area (Å²) in [7, 11) is 0. The summed E-state index contributed by atoms with van der Waals surface area (Å²) in [5, 5.41) is 2.65. The second-order valence-electron chi connectivity index (χ2n) is 4.07. The number of hydrogen-bond donors (Lipinski definition) is 1. The highest BCUT2D eigenvalue weighted by Crippen LogP contribution is 2.11. The predicted molar refractivity (Wildman–Crippen MR) is 62.7 cm³/mol. The number of ether oxygens (including phenoxy) is 1. The van der Waals surface area contributed by atoms with Crippen molar-refractivity contribution >= 4 is 11.7 Å². The molecule has 1 N–H and O–H groups in total. The minimum atomic E-state index is -0.0985. The fourth-order valence-electron chi connectivity index (χ4n) is 1.78. The molecular weight excluding hydrogens is 218 g/mol. The number of carbonyl (C=O) groups excluding carboxylic acids is 2. The molecule has 1 heterocycles. The van der Waals surface area contributed by atoms with E-state index >= 15 is 0 Å². The largest absolute Gasteiger partial charge is 0.381 e. The molecule has 0 bridgehead atoms. The molecule has 1 unspecified atom stereocenters. The average Bonchev–Trinajstić information content (AvgIpc) is 2.90. The Labute approximate surface area is 100.0 Å². The van der Waals surface area contributed by atoms with Gasteiger partial charge in [-0.2, -0.15) is 0 Å². The molecule has 0 radical (unpaired) electrons. The molecule has 2 rings (SSSR count). The Balaban J connectivity index is 1.82. The number of benzene rings is 1. The first kappa shape index (κ1) is 11.8. The fourth-order valence-corrected chi connectivity index (χ4v) is 1.78. The van der Waals surface area contributed by atoms with Crippen LogP contribution >= 0.6 is 0 Å². The highest BCUT2D eigenvalue weighted by molar-refractivity contribution is 5.99. The van der Waals surface area contributed by atoms with Crippen LogP contribution in [0.4, 0.5) is 0 Å². The van der Waals surface area contributed by atoms with Crippen molar-refractivity contribution < 1.29 is 14.3 Å². The van der Waals surface area contributed by atoms with Gasteiger partial charge < -0.3 is 10.1 Å². The second-order valence-corrected chi connectivity index (χ2v) is 4.07. The molecule has 17 heavy (non-hydrogen) atoms. The normalized spacial score (nSPS) is 18.9. The summed E-state index contributed by atoms with van der Waals surface area (Å²) in [5.74, 6) is -0.261. The lowest BCUT2D eigenvalue weighted by atomic mass is 10.1. The maximum Gasteiger partial charge on any atom is 0.225 e. The summed E-state index contributed by atoms with van der Waals surface area (Å²) >= 11 is 0. The van der Waals surface area contributed by atoms with E-state index in [1.54, 1.807) is 24.3 Å². The SMILES string of the molecule is O=C(CNC(=O)C1CCOC1)c1ccccc1. The summed E-state index contributed by atoms with van der Waals surface area (Å²) in [6.07, 6.45) is 0.741. The maximum absolute atomic E-state index is 11.7. The molecule has 1 aliphatic heterocycles. The van der Waals surface area contributed by atoms with E-state index in [4.69, 9.17) is 4.74 Å². The Kier molecular flexibility index (Phi) is 3.88. The third-order valence-electron chi connectivity index (χ3n) is 2.82. The number of hydrogen-bond acceptors (Lipinski definition) is 3. The number of amides is 1. The van der Waals surface area contributed by atoms with Gasteiger partial charge in [0, 0.05) is 12.2 Å². The lowest BCUT2D eigenvalue weighted by Crippen LogP contribution is -2.34. The van der Waals surface area contributed by atoms with E-state index in [-0.39, 0.29) is 24.2 Å². The van der Waals surface area contributed by atoms with Gasteiger partial charge in [0.2, 0.25) is 5.91 Å². The van der Waals surface area contributed by atoms with Crippen molar-refractivity contribution in [3.63, 3.8) is 0 Å². The molecule has 0 saturated carbocycles. The summed E-state index contributed by atoms with van der Waals surface area (Å²) in [5.41, 5.74) is 0.621. The van der Waals surface area contributed by atoms with Crippen LogP contribution in [0.5, 0.6) is 0 Å². The molecule has 1 aliphatic rings. The van der Waals surface area contributed by atoms with E-state index in [1.807, 2.05) is 6.07 Å². The molecular formula is C13H15NO3. The third kappa shape index (κ3) is 3.14. The smallest absolute Gasteiger partial charge is 0.225 e. The van der Waals surface area contributed by atoms with Gasteiger partial charge in [-0.05, 0) is 6.42 Å². The Bertz CT molecular complexity index is 396. The lowest BCUT2D eigenvalue weighted by Gasteiger charge is -2.08. The fraction of sp³-hybridized carbons (Fsp3) is 0.385. The van der Waals surface area contributed by atoms with Crippen LogP contribution in [-0.2, 0) is 9.53 Å². The van der Waals surface area contributed by atoms with Crippen LogP contribution in [0.25, 0.3) is 0 Å². The van der Waals surface area contributed by atoms with Crippen molar-refractivity contribution in [1.29, 1.82) is 0 Å². The second kappa shape index (κ2) is 5.59. The van der Waals surface area contributed by atoms with Crippen molar-refractivity contribution in [2.45, 2.75) is 6.42 Å². The molecule has 90 valence electrons. The van der Waals surface area contributed by atoms with Crippen LogP contribution in [0, 0.1) is 5.92 Å². The van der Waals surface area contributed by atoms with Gasteiger partial charge in [0.25, 0.3) is 0 Å². The minimum Gasteiger partial charge on any atom is -0.381 e. The highest BCUT2D eigenvalue weighted by atomic mass is 16.5. The van der Waals surface area contributed by atoms with Gasteiger partial charge in [0.1, 0.15) is 0 Å². The number of carbonyl (C=O) groups is 2. The van der Waals surface area contributed by atoms with Gasteiger partial charge in [0.15, 0.2) is 5.78 Å². The van der Waals surface area contributed by atoms with E-state index < -0.39 is 0 Å². The maximum atomic E-state index is 11.7. The van der Waals surface area contributed by atoms with Crippen molar-refractivity contribution in [3.05, 3.63) is 35.9 Å². The Morgan fingerprint density at radius 3 is 2.71 bits per heavy atom. The number of rotatable bonds is 4. The predicted octanol–water partition coefficient (Wildman–Crippen LogP) is 1.02. The Hall–Kier alpha value is -1.68. The molecule has 0 spiro atoms. The Morgan fingerprint density at radius 2 is 2.06 bits per heavy atom. The van der Waals surface area contributed by atoms with Crippen molar-refractivity contribution in [2.24, 2.45) is 5.92 Å². The monoisotopic (exact) mass is 233 g/mol. The van der Waals surface area contributed by atoms with Gasteiger partial charge in [-0.1, -0.05) is 30.3 Å². The van der Waals surface area contributed by atoms with Crippen LogP contribution < -0.4 is 5.32 Å². The molecule has 4 heteroatoms. The topological polar surface area (TPSA) is 55.4 Å². The molecule has 1 fully saturated rings. The molecule has 1 amide bonds. The molecule has 1 aromatic rings. The van der Waals surface area contributed by atoms with Crippen LogP contribution in [0.2, 0.25) is 0 Å². The number of nitrogens with one attached hydrogen (secondary N) is 1. The minimum absolute atomic E-state index is 0.0549. The standard InChI is InChI=1S/C13H15NO3/c15-12(10-4-2-1-3-5-10)8-14-13(16)11-6-7-17-9-11/h1-5,11H,6-9H2,(H,14,16). The van der Waals surface area contributed by atoms with Crippen molar-refractivity contribution in [2.75, 3.05) is 19.8 Å². The van der Waals surface area contributed by atoms with Gasteiger partial charge in [-0.25, -0.2) is 0 Å². The zero-order valence-electron chi connectivity index (χ0n) is 9.52. The van der Waals surface area contributed by atoms with Gasteiger partial charge >= 0.3 is 0 Å². The summed E-state index contributed by atoms with van der Waals surface area (Å²) in [4.78, 5) is 23.4. The molecule has 0 aromatic heterocycles. The van der Waals surface area contributed by atoms with Crippen LogP contribution in [-0.4, -0.2) is 31.4 Å². The van der Waals surface area contributed by atoms with Crippen molar-refractivity contribution in [1.82, 2.24) is 5.32 Å². The molecule has 1 atom stereocenters. The first-order valence-electron chi connectivity index (χ1n) is 5.71. The first-order valence-corrected chi connectivity index (χ1v) is 5.71. The van der Waals surface area contributed by atoms with E-state index in [0.29, 0.717) is 18.8 Å². The van der Waals surface area contributed by atoms with Crippen LogP contribution in [0.1, 0.15) is 16.8 Å². The first-order chi connectivity index (χ1) is 8.27. The number of Topliss-reactive ketones (excluding diaryl/α,β-unsaturated/α-hetero) is 1. The van der Waals surface area contributed by atoms with Gasteiger partial charge in [-0.3, -0.25) is 9.59 Å². The van der Waals surface area contributed by atoms with Gasteiger partial charge in [-0.15, -0.1) is 0 Å². The highest BCUT2D eigenvalue weighted by Gasteiger charge is 2.23. The molecule has 1 aromatic carbocycles. The van der Waals surface area contributed by atoms with E-state index in [1.165, 1.54) is 0 Å². The lowest BCUT2D eigenvalue weighted by molar-refractivity contribution is -0.124. The zero-order chi connectivity index (χ0) is 12.1. The Morgan fingerprint density at radius 1 is 1.29 bits per heavy atom. The number of ketones is 1. The van der Waals surface area contributed by atoms with Crippen LogP contribution in [0.15, 0.2) is 30.3 Å². The molecule has 1 saturated heterocycles. The molecule has 0 aliphatic carbocycles. The molecule has 4 nitrogen and oxygen atoms in total. The third-order valence-corrected chi connectivity index (χ3v) is 2.82. The summed E-state index contributed by atoms with van der Waals surface area (Å²) in [6.45, 7) is 1.15. The van der Waals surface area contributed by atoms with Crippen LogP contribution in [0.3, 0.4) is 0 Å². The quantitative estimate of drug-likeness (QED) is 0.790. The summed E-state index contributed by atoms with van der Waals surface area (Å²) in [6, 6.07) is 8.95. The van der Waals surface area contributed by atoms with Gasteiger partial charge in [0.05, 0.1) is 19.1 Å². The summed E-state index contributed by atoms with van der Waals surface area (Å²) < 4.78 is 5.12. The zero-order valence-corrected chi connectivity index (χ0v) is 9.52. The van der Waals surface area contributed by atoms with Crippen molar-refractivity contribution in [3.8, 4) is 0 Å². The van der Waals surface area contributed by atoms with E-state index in [9.17, 15) is 9.59 Å².